The minimum atomic E-state index is -0.924. The molecule has 3 nitrogen and oxygen atoms in total. The van der Waals surface area contributed by atoms with E-state index >= 15 is 0 Å². The van der Waals surface area contributed by atoms with Crippen molar-refractivity contribution in [3.8, 4) is 5.75 Å². The molecule has 16 heavy (non-hydrogen) atoms. The van der Waals surface area contributed by atoms with E-state index in [9.17, 15) is 4.79 Å². The summed E-state index contributed by atoms with van der Waals surface area (Å²) < 4.78 is 5.61. The molecule has 1 aliphatic heterocycles. The maximum Gasteiger partial charge on any atom is 0.328 e. The number of carboxylic acid groups (broad SMARTS) is 1. The van der Waals surface area contributed by atoms with E-state index in [0.717, 1.165) is 42.7 Å². The van der Waals surface area contributed by atoms with Crippen LogP contribution in [0.5, 0.6) is 5.75 Å². The average Bonchev–Trinajstić information content (AvgIpc) is 2.51. The van der Waals surface area contributed by atoms with Crippen LogP contribution < -0.4 is 4.74 Å². The second-order valence-electron chi connectivity index (χ2n) is 3.80. The molecule has 0 saturated carbocycles. The lowest BCUT2D eigenvalue weighted by molar-refractivity contribution is -0.131. The van der Waals surface area contributed by atoms with Gasteiger partial charge in [0.15, 0.2) is 0 Å². The SMILES string of the molecule is O=C(O)/C=C/c1cccc2c1CCCCO2. The fourth-order valence-electron chi connectivity index (χ4n) is 1.89. The quantitative estimate of drug-likeness (QED) is 0.776. The van der Waals surface area contributed by atoms with Gasteiger partial charge >= 0.3 is 5.97 Å². The molecule has 1 aliphatic rings. The van der Waals surface area contributed by atoms with Crippen LogP contribution >= 0.6 is 0 Å². The standard InChI is InChI=1S/C13H14O3/c14-13(15)8-7-10-4-3-6-12-11(10)5-1-2-9-16-12/h3-4,6-8H,1-2,5,9H2,(H,14,15)/b8-7+. The molecule has 1 aromatic carbocycles. The number of benzene rings is 1. The molecule has 0 saturated heterocycles. The maximum absolute atomic E-state index is 10.5. The molecule has 0 aliphatic carbocycles. The molecule has 0 unspecified atom stereocenters. The highest BCUT2D eigenvalue weighted by atomic mass is 16.5. The van der Waals surface area contributed by atoms with E-state index in [1.807, 2.05) is 18.2 Å². The normalized spacial score (nSPS) is 15.2. The number of hydrogen-bond acceptors (Lipinski definition) is 2. The van der Waals surface area contributed by atoms with Crippen LogP contribution in [-0.4, -0.2) is 17.7 Å². The van der Waals surface area contributed by atoms with Gasteiger partial charge in [0, 0.05) is 11.6 Å². The molecule has 0 bridgehead atoms. The molecule has 0 aromatic heterocycles. The molecule has 1 heterocycles. The van der Waals surface area contributed by atoms with Crippen LogP contribution in [0.15, 0.2) is 24.3 Å². The lowest BCUT2D eigenvalue weighted by Crippen LogP contribution is -1.95. The monoisotopic (exact) mass is 218 g/mol. The van der Waals surface area contributed by atoms with Gasteiger partial charge in [0.2, 0.25) is 0 Å². The first-order chi connectivity index (χ1) is 7.77. The number of ether oxygens (including phenoxy) is 1. The van der Waals surface area contributed by atoms with E-state index in [2.05, 4.69) is 0 Å². The fourth-order valence-corrected chi connectivity index (χ4v) is 1.89. The van der Waals surface area contributed by atoms with Crippen LogP contribution in [0.3, 0.4) is 0 Å². The van der Waals surface area contributed by atoms with E-state index in [0.29, 0.717) is 0 Å². The molecule has 84 valence electrons. The van der Waals surface area contributed by atoms with Gasteiger partial charge in [-0.15, -0.1) is 0 Å². The first-order valence-electron chi connectivity index (χ1n) is 5.43. The molecule has 1 aromatic rings. The minimum Gasteiger partial charge on any atom is -0.493 e. The Balaban J connectivity index is 2.34. The van der Waals surface area contributed by atoms with Crippen molar-refractivity contribution in [3.05, 3.63) is 35.4 Å². The van der Waals surface area contributed by atoms with Crippen LogP contribution in [0.1, 0.15) is 24.0 Å². The van der Waals surface area contributed by atoms with E-state index in [1.165, 1.54) is 6.08 Å². The van der Waals surface area contributed by atoms with Gasteiger partial charge in [0.1, 0.15) is 5.75 Å². The Morgan fingerprint density at radius 1 is 1.38 bits per heavy atom. The van der Waals surface area contributed by atoms with Gasteiger partial charge in [0.25, 0.3) is 0 Å². The van der Waals surface area contributed by atoms with E-state index in [1.54, 1.807) is 6.08 Å². The highest BCUT2D eigenvalue weighted by Gasteiger charge is 2.11. The maximum atomic E-state index is 10.5. The minimum absolute atomic E-state index is 0.749. The third-order valence-corrected chi connectivity index (χ3v) is 2.65. The van der Waals surface area contributed by atoms with Crippen LogP contribution in [0, 0.1) is 0 Å². The van der Waals surface area contributed by atoms with Crippen molar-refractivity contribution < 1.29 is 14.6 Å². The third kappa shape index (κ3) is 2.42. The average molecular weight is 218 g/mol. The number of hydrogen-bond donors (Lipinski definition) is 1. The van der Waals surface area contributed by atoms with E-state index < -0.39 is 5.97 Å². The summed E-state index contributed by atoms with van der Waals surface area (Å²) in [5.74, 6) is -0.0304. The van der Waals surface area contributed by atoms with Crippen molar-refractivity contribution >= 4 is 12.0 Å². The first-order valence-corrected chi connectivity index (χ1v) is 5.43. The van der Waals surface area contributed by atoms with Crippen LogP contribution in [0.25, 0.3) is 6.08 Å². The van der Waals surface area contributed by atoms with Gasteiger partial charge in [-0.25, -0.2) is 4.79 Å². The second-order valence-corrected chi connectivity index (χ2v) is 3.80. The van der Waals surface area contributed by atoms with Crippen molar-refractivity contribution in [2.45, 2.75) is 19.3 Å². The summed E-state index contributed by atoms with van der Waals surface area (Å²) in [6.07, 6.45) is 5.90. The molecule has 0 atom stereocenters. The summed E-state index contributed by atoms with van der Waals surface area (Å²) in [5, 5.41) is 8.62. The summed E-state index contributed by atoms with van der Waals surface area (Å²) in [5.41, 5.74) is 2.07. The Morgan fingerprint density at radius 3 is 3.06 bits per heavy atom. The fraction of sp³-hybridized carbons (Fsp3) is 0.308. The lowest BCUT2D eigenvalue weighted by atomic mass is 10.0. The topological polar surface area (TPSA) is 46.5 Å². The zero-order chi connectivity index (χ0) is 11.4. The van der Waals surface area contributed by atoms with Crippen LogP contribution in [0.2, 0.25) is 0 Å². The predicted octanol–water partition coefficient (Wildman–Crippen LogP) is 2.50. The molecule has 0 spiro atoms. The second kappa shape index (κ2) is 4.84. The van der Waals surface area contributed by atoms with Gasteiger partial charge in [-0.3, -0.25) is 0 Å². The first kappa shape index (κ1) is 10.7. The zero-order valence-corrected chi connectivity index (χ0v) is 8.98. The van der Waals surface area contributed by atoms with Crippen LogP contribution in [-0.2, 0) is 11.2 Å². The third-order valence-electron chi connectivity index (χ3n) is 2.65. The van der Waals surface area contributed by atoms with Gasteiger partial charge < -0.3 is 9.84 Å². The smallest absolute Gasteiger partial charge is 0.328 e. The highest BCUT2D eigenvalue weighted by molar-refractivity contribution is 5.85. The van der Waals surface area contributed by atoms with Crippen molar-refractivity contribution in [2.75, 3.05) is 6.61 Å². The van der Waals surface area contributed by atoms with Crippen LogP contribution in [0.4, 0.5) is 0 Å². The van der Waals surface area contributed by atoms with E-state index in [4.69, 9.17) is 9.84 Å². The van der Waals surface area contributed by atoms with Gasteiger partial charge in [-0.2, -0.15) is 0 Å². The Morgan fingerprint density at radius 2 is 2.25 bits per heavy atom. The Labute approximate surface area is 94.4 Å². The van der Waals surface area contributed by atoms with Crippen molar-refractivity contribution in [1.29, 1.82) is 0 Å². The number of rotatable bonds is 2. The molecule has 2 rings (SSSR count). The molecule has 1 N–H and O–H groups in total. The predicted molar refractivity (Wildman–Crippen MR) is 61.5 cm³/mol. The summed E-state index contributed by atoms with van der Waals surface area (Å²) in [6, 6.07) is 5.76. The van der Waals surface area contributed by atoms with Gasteiger partial charge in [0.05, 0.1) is 6.61 Å². The summed E-state index contributed by atoms with van der Waals surface area (Å²) >= 11 is 0. The molecule has 0 fully saturated rings. The Bertz CT molecular complexity index is 421. The molecular formula is C13H14O3. The number of aliphatic carboxylic acids is 1. The van der Waals surface area contributed by atoms with Crippen molar-refractivity contribution in [1.82, 2.24) is 0 Å². The molecular weight excluding hydrogens is 204 g/mol. The van der Waals surface area contributed by atoms with E-state index in [-0.39, 0.29) is 0 Å². The molecule has 0 amide bonds. The molecule has 3 heteroatoms. The van der Waals surface area contributed by atoms with Crippen molar-refractivity contribution in [3.63, 3.8) is 0 Å². The Hall–Kier alpha value is -1.77. The zero-order valence-electron chi connectivity index (χ0n) is 8.98. The lowest BCUT2D eigenvalue weighted by Gasteiger charge is -2.09. The van der Waals surface area contributed by atoms with Gasteiger partial charge in [-0.1, -0.05) is 12.1 Å². The largest absolute Gasteiger partial charge is 0.493 e. The number of fused-ring (bicyclic) bond motifs is 1. The number of carbonyl (C=O) groups is 1. The molecule has 0 radical (unpaired) electrons. The summed E-state index contributed by atoms with van der Waals surface area (Å²) in [6.45, 7) is 0.749. The van der Waals surface area contributed by atoms with Gasteiger partial charge in [-0.05, 0) is 37.0 Å². The summed E-state index contributed by atoms with van der Waals surface area (Å²) in [4.78, 5) is 10.5. The van der Waals surface area contributed by atoms with Crippen molar-refractivity contribution in [2.24, 2.45) is 0 Å². The summed E-state index contributed by atoms with van der Waals surface area (Å²) in [7, 11) is 0. The Kier molecular flexibility index (Phi) is 3.25. The highest BCUT2D eigenvalue weighted by Crippen LogP contribution is 2.27. The number of carboxylic acids is 1.